The second kappa shape index (κ2) is 8.68. The van der Waals surface area contributed by atoms with E-state index in [0.29, 0.717) is 11.3 Å². The number of ketones is 1. The molecule has 0 bridgehead atoms. The number of hydrogen-bond acceptors (Lipinski definition) is 4. The van der Waals surface area contributed by atoms with Gasteiger partial charge in [-0.15, -0.1) is 0 Å². The molecule has 0 unspecified atom stereocenters. The van der Waals surface area contributed by atoms with Gasteiger partial charge in [0.2, 0.25) is 5.91 Å². The second-order valence-electron chi connectivity index (χ2n) is 6.25. The molecule has 3 aromatic rings. The lowest BCUT2D eigenvalue weighted by Crippen LogP contribution is -2.14. The molecule has 0 aliphatic heterocycles. The molecule has 6 heteroatoms. The van der Waals surface area contributed by atoms with Crippen LogP contribution < -0.4 is 5.32 Å². The van der Waals surface area contributed by atoms with Crippen LogP contribution in [0, 0.1) is 6.92 Å². The van der Waals surface area contributed by atoms with Crippen LogP contribution >= 0.6 is 11.8 Å². The SMILES string of the molecule is CC(=O)c1ccc(NC(=O)CSc2nc(Cc3ccccc3)c(C)[nH]2)cc1. The number of thioether (sulfide) groups is 1. The summed E-state index contributed by atoms with van der Waals surface area (Å²) in [4.78, 5) is 31.3. The molecule has 1 heterocycles. The zero-order valence-electron chi connectivity index (χ0n) is 15.3. The van der Waals surface area contributed by atoms with Gasteiger partial charge in [-0.2, -0.15) is 0 Å². The molecule has 5 nitrogen and oxygen atoms in total. The van der Waals surface area contributed by atoms with Crippen LogP contribution in [0.3, 0.4) is 0 Å². The molecule has 3 rings (SSSR count). The van der Waals surface area contributed by atoms with Crippen LogP contribution in [-0.2, 0) is 11.2 Å². The standard InChI is InChI=1S/C21H21N3O2S/c1-14-19(12-16-6-4-3-5-7-16)24-21(22-14)27-13-20(26)23-18-10-8-17(9-11-18)15(2)25/h3-11H,12-13H2,1-2H3,(H,22,24)(H,23,26). The molecule has 0 atom stereocenters. The molecule has 0 radical (unpaired) electrons. The number of rotatable bonds is 7. The van der Waals surface area contributed by atoms with Gasteiger partial charge in [0.15, 0.2) is 10.9 Å². The van der Waals surface area contributed by atoms with Crippen molar-refractivity contribution < 1.29 is 9.59 Å². The lowest BCUT2D eigenvalue weighted by Gasteiger charge is -2.05. The first kappa shape index (κ1) is 18.9. The van der Waals surface area contributed by atoms with Crippen molar-refractivity contribution >= 4 is 29.1 Å². The van der Waals surface area contributed by atoms with Crippen molar-refractivity contribution in [3.05, 3.63) is 77.1 Å². The summed E-state index contributed by atoms with van der Waals surface area (Å²) in [6.45, 7) is 3.51. The third-order valence-corrected chi connectivity index (χ3v) is 4.97. The monoisotopic (exact) mass is 379 g/mol. The fourth-order valence-corrected chi connectivity index (χ4v) is 3.36. The summed E-state index contributed by atoms with van der Waals surface area (Å²) in [5.41, 5.74) is 4.51. The number of Topliss-reactive ketones (excluding diaryl/α,β-unsaturated/α-hetero) is 1. The van der Waals surface area contributed by atoms with E-state index in [4.69, 9.17) is 0 Å². The minimum absolute atomic E-state index is 0.00271. The zero-order valence-corrected chi connectivity index (χ0v) is 16.1. The van der Waals surface area contributed by atoms with E-state index in [1.807, 2.05) is 25.1 Å². The number of anilines is 1. The van der Waals surface area contributed by atoms with Crippen LogP contribution in [-0.4, -0.2) is 27.4 Å². The highest BCUT2D eigenvalue weighted by atomic mass is 32.2. The summed E-state index contributed by atoms with van der Waals surface area (Å²) in [5.74, 6) is 0.142. The summed E-state index contributed by atoms with van der Waals surface area (Å²) in [6.07, 6.45) is 0.762. The van der Waals surface area contributed by atoms with Gasteiger partial charge in [0, 0.05) is 23.4 Å². The van der Waals surface area contributed by atoms with Crippen molar-refractivity contribution in [3.8, 4) is 0 Å². The van der Waals surface area contributed by atoms with E-state index in [1.165, 1.54) is 24.2 Å². The van der Waals surface area contributed by atoms with Crippen LogP contribution in [0.25, 0.3) is 0 Å². The van der Waals surface area contributed by atoms with Crippen molar-refractivity contribution in [2.75, 3.05) is 11.1 Å². The predicted molar refractivity (Wildman–Crippen MR) is 108 cm³/mol. The summed E-state index contributed by atoms with van der Waals surface area (Å²) in [7, 11) is 0. The molecule has 1 amide bonds. The Labute approximate surface area is 162 Å². The van der Waals surface area contributed by atoms with E-state index >= 15 is 0 Å². The van der Waals surface area contributed by atoms with Crippen molar-refractivity contribution in [1.29, 1.82) is 0 Å². The Morgan fingerprint density at radius 3 is 2.44 bits per heavy atom. The number of nitrogens with one attached hydrogen (secondary N) is 2. The summed E-state index contributed by atoms with van der Waals surface area (Å²) in [5, 5.41) is 3.56. The molecule has 0 saturated carbocycles. The Morgan fingerprint density at radius 1 is 1.07 bits per heavy atom. The number of H-pyrrole nitrogens is 1. The minimum Gasteiger partial charge on any atom is -0.337 e. The Morgan fingerprint density at radius 2 is 1.78 bits per heavy atom. The number of carbonyl (C=O) groups excluding carboxylic acids is 2. The molecule has 2 N–H and O–H groups in total. The van der Waals surface area contributed by atoms with E-state index in [9.17, 15) is 9.59 Å². The third-order valence-electron chi connectivity index (χ3n) is 4.09. The van der Waals surface area contributed by atoms with Crippen LogP contribution in [0.5, 0.6) is 0 Å². The zero-order chi connectivity index (χ0) is 19.2. The molecule has 27 heavy (non-hydrogen) atoms. The normalized spacial score (nSPS) is 10.6. The fourth-order valence-electron chi connectivity index (χ4n) is 2.62. The summed E-state index contributed by atoms with van der Waals surface area (Å²) >= 11 is 1.37. The molecule has 1 aromatic heterocycles. The Balaban J connectivity index is 1.54. The van der Waals surface area contributed by atoms with Gasteiger partial charge in [-0.05, 0) is 43.7 Å². The Kier molecular flexibility index (Phi) is 6.08. The van der Waals surface area contributed by atoms with Gasteiger partial charge in [-0.25, -0.2) is 4.98 Å². The van der Waals surface area contributed by atoms with E-state index < -0.39 is 0 Å². The first-order chi connectivity index (χ1) is 13.0. The lowest BCUT2D eigenvalue weighted by atomic mass is 10.1. The molecule has 0 spiro atoms. The van der Waals surface area contributed by atoms with Crippen LogP contribution in [0.2, 0.25) is 0 Å². The number of amides is 1. The first-order valence-corrected chi connectivity index (χ1v) is 9.63. The fraction of sp³-hybridized carbons (Fsp3) is 0.190. The van der Waals surface area contributed by atoms with E-state index in [1.54, 1.807) is 24.3 Å². The Hall–Kier alpha value is -2.86. The van der Waals surface area contributed by atoms with Gasteiger partial charge < -0.3 is 10.3 Å². The van der Waals surface area contributed by atoms with Crippen LogP contribution in [0.4, 0.5) is 5.69 Å². The predicted octanol–water partition coefficient (Wildman–Crippen LogP) is 4.24. The van der Waals surface area contributed by atoms with Gasteiger partial charge in [-0.3, -0.25) is 9.59 Å². The summed E-state index contributed by atoms with van der Waals surface area (Å²) < 4.78 is 0. The lowest BCUT2D eigenvalue weighted by molar-refractivity contribution is -0.113. The maximum Gasteiger partial charge on any atom is 0.234 e. The molecule has 138 valence electrons. The molecule has 0 saturated heterocycles. The van der Waals surface area contributed by atoms with Gasteiger partial charge in [-0.1, -0.05) is 42.1 Å². The average Bonchev–Trinajstić information content (AvgIpc) is 3.01. The van der Waals surface area contributed by atoms with Gasteiger partial charge >= 0.3 is 0 Å². The van der Waals surface area contributed by atoms with E-state index in [0.717, 1.165) is 23.0 Å². The van der Waals surface area contributed by atoms with Crippen molar-refractivity contribution in [1.82, 2.24) is 9.97 Å². The maximum atomic E-state index is 12.1. The van der Waals surface area contributed by atoms with Crippen molar-refractivity contribution in [3.63, 3.8) is 0 Å². The molecular weight excluding hydrogens is 358 g/mol. The number of benzene rings is 2. The average molecular weight is 379 g/mol. The van der Waals surface area contributed by atoms with Gasteiger partial charge in [0.25, 0.3) is 0 Å². The van der Waals surface area contributed by atoms with E-state index in [-0.39, 0.29) is 17.4 Å². The molecule has 0 aliphatic rings. The molecular formula is C21H21N3O2S. The smallest absolute Gasteiger partial charge is 0.234 e. The second-order valence-corrected chi connectivity index (χ2v) is 7.21. The number of aromatic nitrogens is 2. The largest absolute Gasteiger partial charge is 0.337 e. The van der Waals surface area contributed by atoms with Crippen molar-refractivity contribution in [2.45, 2.75) is 25.4 Å². The molecule has 0 fully saturated rings. The number of imidazole rings is 1. The first-order valence-electron chi connectivity index (χ1n) is 8.64. The number of aromatic amines is 1. The molecule has 0 aliphatic carbocycles. The van der Waals surface area contributed by atoms with Crippen LogP contribution in [0.1, 0.15) is 34.2 Å². The topological polar surface area (TPSA) is 74.8 Å². The highest BCUT2D eigenvalue weighted by Crippen LogP contribution is 2.19. The quantitative estimate of drug-likeness (QED) is 0.475. The third kappa shape index (κ3) is 5.31. The summed E-state index contributed by atoms with van der Waals surface area (Å²) in [6, 6.07) is 17.0. The number of aryl methyl sites for hydroxylation is 1. The van der Waals surface area contributed by atoms with Gasteiger partial charge in [0.05, 0.1) is 11.4 Å². The van der Waals surface area contributed by atoms with Gasteiger partial charge in [0.1, 0.15) is 0 Å². The maximum absolute atomic E-state index is 12.1. The minimum atomic E-state index is -0.116. The van der Waals surface area contributed by atoms with E-state index in [2.05, 4.69) is 27.4 Å². The van der Waals surface area contributed by atoms with Crippen molar-refractivity contribution in [2.24, 2.45) is 0 Å². The number of nitrogens with zero attached hydrogens (tertiary/aromatic N) is 1. The highest BCUT2D eigenvalue weighted by Gasteiger charge is 2.10. The number of hydrogen-bond donors (Lipinski definition) is 2. The highest BCUT2D eigenvalue weighted by molar-refractivity contribution is 7.99. The Bertz CT molecular complexity index is 934. The number of carbonyl (C=O) groups is 2. The molecule has 2 aromatic carbocycles. The van der Waals surface area contributed by atoms with Crippen LogP contribution in [0.15, 0.2) is 59.8 Å².